The Morgan fingerprint density at radius 2 is 2.29 bits per heavy atom. The van der Waals surface area contributed by atoms with Gasteiger partial charge >= 0.3 is 6.09 Å². The molecule has 1 aromatic carbocycles. The standard InChI is InChI=1S/C13H20FN5O2/c1-16-7-10-8-19(13(20)21-10)9-2-3-12(11(14)6-9)17-4-5-18-15/h2-3,6,10,16-18H,4-5,7-8,15H2,1H3/t10-/m0/s1. The summed E-state index contributed by atoms with van der Waals surface area (Å²) >= 11 is 0. The van der Waals surface area contributed by atoms with E-state index in [-0.39, 0.29) is 6.10 Å². The first-order valence-corrected chi connectivity index (χ1v) is 6.75. The molecule has 8 heteroatoms. The maximum atomic E-state index is 14.0. The normalized spacial score (nSPS) is 18.0. The van der Waals surface area contributed by atoms with Crippen molar-refractivity contribution in [2.75, 3.05) is 43.4 Å². The van der Waals surface area contributed by atoms with E-state index in [0.717, 1.165) is 0 Å². The predicted molar refractivity (Wildman–Crippen MR) is 78.6 cm³/mol. The van der Waals surface area contributed by atoms with Gasteiger partial charge in [-0.25, -0.2) is 9.18 Å². The minimum atomic E-state index is -0.456. The van der Waals surface area contributed by atoms with Gasteiger partial charge in [-0.2, -0.15) is 0 Å². The van der Waals surface area contributed by atoms with E-state index in [0.29, 0.717) is 37.6 Å². The fourth-order valence-electron chi connectivity index (χ4n) is 2.15. The molecule has 0 spiro atoms. The lowest BCUT2D eigenvalue weighted by molar-refractivity contribution is 0.141. The molecule has 1 fully saturated rings. The molecule has 1 heterocycles. The summed E-state index contributed by atoms with van der Waals surface area (Å²) in [7, 11) is 1.78. The summed E-state index contributed by atoms with van der Waals surface area (Å²) in [6.45, 7) is 1.99. The number of hydrogen-bond donors (Lipinski definition) is 4. The van der Waals surface area contributed by atoms with Gasteiger partial charge in [0.2, 0.25) is 0 Å². The van der Waals surface area contributed by atoms with Gasteiger partial charge in [0.1, 0.15) is 11.9 Å². The molecule has 0 aliphatic carbocycles. The third-order valence-corrected chi connectivity index (χ3v) is 3.16. The van der Waals surface area contributed by atoms with Crippen molar-refractivity contribution in [3.05, 3.63) is 24.0 Å². The van der Waals surface area contributed by atoms with Crippen LogP contribution in [0.5, 0.6) is 0 Å². The van der Waals surface area contributed by atoms with Crippen LogP contribution in [0.3, 0.4) is 0 Å². The van der Waals surface area contributed by atoms with Gasteiger partial charge in [-0.05, 0) is 25.2 Å². The molecule has 0 radical (unpaired) electrons. The summed E-state index contributed by atoms with van der Waals surface area (Å²) in [6, 6.07) is 4.60. The molecule has 0 saturated carbocycles. The molecule has 1 aromatic rings. The van der Waals surface area contributed by atoms with Crippen LogP contribution in [0, 0.1) is 5.82 Å². The molecule has 0 unspecified atom stereocenters. The molecule has 1 amide bonds. The molecule has 1 aliphatic heterocycles. The number of hydrogen-bond acceptors (Lipinski definition) is 6. The van der Waals surface area contributed by atoms with Gasteiger partial charge in [-0.3, -0.25) is 16.2 Å². The van der Waals surface area contributed by atoms with E-state index < -0.39 is 11.9 Å². The van der Waals surface area contributed by atoms with Gasteiger partial charge in [0, 0.05) is 19.6 Å². The first-order chi connectivity index (χ1) is 10.2. The van der Waals surface area contributed by atoms with E-state index in [4.69, 9.17) is 10.6 Å². The van der Waals surface area contributed by atoms with Crippen molar-refractivity contribution in [3.63, 3.8) is 0 Å². The number of halogens is 1. The van der Waals surface area contributed by atoms with E-state index in [2.05, 4.69) is 16.1 Å². The monoisotopic (exact) mass is 297 g/mol. The van der Waals surface area contributed by atoms with Gasteiger partial charge in [-0.1, -0.05) is 0 Å². The SMILES string of the molecule is CNC[C@H]1CN(c2ccc(NCCNN)c(F)c2)C(=O)O1. The number of nitrogens with one attached hydrogen (secondary N) is 3. The van der Waals surface area contributed by atoms with Crippen LogP contribution in [0.2, 0.25) is 0 Å². The molecule has 0 bridgehead atoms. The second-order valence-corrected chi connectivity index (χ2v) is 4.72. The molecule has 5 N–H and O–H groups in total. The number of carbonyl (C=O) groups is 1. The number of amides is 1. The highest BCUT2D eigenvalue weighted by Gasteiger charge is 2.32. The third-order valence-electron chi connectivity index (χ3n) is 3.16. The van der Waals surface area contributed by atoms with Crippen LogP contribution in [0.15, 0.2) is 18.2 Å². The molecule has 1 aliphatic rings. The van der Waals surface area contributed by atoms with Crippen molar-refractivity contribution in [2.45, 2.75) is 6.10 Å². The van der Waals surface area contributed by atoms with Crippen LogP contribution < -0.4 is 26.8 Å². The number of likely N-dealkylation sites (N-methyl/N-ethyl adjacent to an activating group) is 1. The Kier molecular flexibility index (Phi) is 5.32. The zero-order chi connectivity index (χ0) is 15.2. The average Bonchev–Trinajstić information content (AvgIpc) is 2.82. The van der Waals surface area contributed by atoms with Crippen molar-refractivity contribution in [1.82, 2.24) is 10.7 Å². The zero-order valence-corrected chi connectivity index (χ0v) is 11.9. The third kappa shape index (κ3) is 3.81. The van der Waals surface area contributed by atoms with Crippen LogP contribution in [0.25, 0.3) is 0 Å². The Morgan fingerprint density at radius 3 is 2.95 bits per heavy atom. The van der Waals surface area contributed by atoms with Crippen molar-refractivity contribution >= 4 is 17.5 Å². The van der Waals surface area contributed by atoms with Gasteiger partial charge in [0.15, 0.2) is 0 Å². The smallest absolute Gasteiger partial charge is 0.414 e. The first-order valence-electron chi connectivity index (χ1n) is 6.75. The van der Waals surface area contributed by atoms with Crippen molar-refractivity contribution < 1.29 is 13.9 Å². The van der Waals surface area contributed by atoms with E-state index >= 15 is 0 Å². The van der Waals surface area contributed by atoms with Gasteiger partial charge in [-0.15, -0.1) is 0 Å². The van der Waals surface area contributed by atoms with Crippen LogP contribution in [-0.2, 0) is 4.74 Å². The maximum absolute atomic E-state index is 14.0. The summed E-state index contributed by atoms with van der Waals surface area (Å²) in [5, 5.41) is 5.86. The molecule has 1 atom stereocenters. The largest absolute Gasteiger partial charge is 0.443 e. The zero-order valence-electron chi connectivity index (χ0n) is 11.9. The molecular formula is C13H20FN5O2. The van der Waals surface area contributed by atoms with Crippen LogP contribution in [0.4, 0.5) is 20.6 Å². The lowest BCUT2D eigenvalue weighted by Gasteiger charge is -2.15. The number of cyclic esters (lactones) is 1. The lowest BCUT2D eigenvalue weighted by atomic mass is 10.2. The predicted octanol–water partition coefficient (Wildman–Crippen LogP) is 0.245. The molecule has 1 saturated heterocycles. The summed E-state index contributed by atoms with van der Waals surface area (Å²) in [6.07, 6.45) is -0.679. The van der Waals surface area contributed by atoms with E-state index in [1.165, 1.54) is 11.0 Å². The first kappa shape index (κ1) is 15.5. The highest BCUT2D eigenvalue weighted by atomic mass is 19.1. The summed E-state index contributed by atoms with van der Waals surface area (Å²) in [5.41, 5.74) is 3.33. The van der Waals surface area contributed by atoms with Crippen molar-refractivity contribution in [1.29, 1.82) is 0 Å². The Labute approximate surface area is 122 Å². The number of nitrogens with two attached hydrogens (primary N) is 1. The molecule has 116 valence electrons. The number of hydrazine groups is 1. The maximum Gasteiger partial charge on any atom is 0.414 e. The quantitative estimate of drug-likeness (QED) is 0.327. The Balaban J connectivity index is 2.04. The van der Waals surface area contributed by atoms with Gasteiger partial charge in [0.25, 0.3) is 0 Å². The highest BCUT2D eigenvalue weighted by molar-refractivity contribution is 5.90. The van der Waals surface area contributed by atoms with E-state index in [9.17, 15) is 9.18 Å². The van der Waals surface area contributed by atoms with Gasteiger partial charge in [0.05, 0.1) is 17.9 Å². The van der Waals surface area contributed by atoms with E-state index in [1.54, 1.807) is 19.2 Å². The number of anilines is 2. The van der Waals surface area contributed by atoms with E-state index in [1.807, 2.05) is 0 Å². The second kappa shape index (κ2) is 7.21. The van der Waals surface area contributed by atoms with Crippen LogP contribution in [-0.4, -0.2) is 45.4 Å². The number of rotatable bonds is 7. The summed E-state index contributed by atoms with van der Waals surface area (Å²) < 4.78 is 19.2. The fraction of sp³-hybridized carbons (Fsp3) is 0.462. The molecular weight excluding hydrogens is 277 g/mol. The summed E-state index contributed by atoms with van der Waals surface area (Å²) in [5.74, 6) is 4.72. The molecule has 2 rings (SSSR count). The highest BCUT2D eigenvalue weighted by Crippen LogP contribution is 2.25. The number of carbonyl (C=O) groups excluding carboxylic acids is 1. The molecule has 21 heavy (non-hydrogen) atoms. The van der Waals surface area contributed by atoms with Crippen LogP contribution >= 0.6 is 0 Å². The Bertz CT molecular complexity index is 499. The fourth-order valence-corrected chi connectivity index (χ4v) is 2.15. The number of benzene rings is 1. The van der Waals surface area contributed by atoms with Gasteiger partial charge < -0.3 is 15.4 Å². The summed E-state index contributed by atoms with van der Waals surface area (Å²) in [4.78, 5) is 13.2. The number of nitrogens with zero attached hydrogens (tertiary/aromatic N) is 1. The lowest BCUT2D eigenvalue weighted by Crippen LogP contribution is -2.29. The second-order valence-electron chi connectivity index (χ2n) is 4.72. The Morgan fingerprint density at radius 1 is 1.48 bits per heavy atom. The minimum Gasteiger partial charge on any atom is -0.443 e. The Hall–Kier alpha value is -1.90. The topological polar surface area (TPSA) is 91.6 Å². The molecule has 7 nitrogen and oxygen atoms in total. The number of ether oxygens (including phenoxy) is 1. The van der Waals surface area contributed by atoms with Crippen LogP contribution in [0.1, 0.15) is 0 Å². The van der Waals surface area contributed by atoms with Crippen molar-refractivity contribution in [3.8, 4) is 0 Å². The molecule has 0 aromatic heterocycles. The van der Waals surface area contributed by atoms with Crippen molar-refractivity contribution in [2.24, 2.45) is 5.84 Å². The minimum absolute atomic E-state index is 0.223. The average molecular weight is 297 g/mol.